The summed E-state index contributed by atoms with van der Waals surface area (Å²) in [5.41, 5.74) is 0. The molecule has 2 N–H and O–H groups in total. The number of rotatable bonds is 2. The zero-order chi connectivity index (χ0) is 9.02. The van der Waals surface area contributed by atoms with Crippen LogP contribution in [0.4, 0.5) is 0 Å². The number of aliphatic hydroxyl groups excluding tert-OH is 1. The Bertz CT molecular complexity index is 166. The van der Waals surface area contributed by atoms with Crippen LogP contribution in [0.25, 0.3) is 0 Å². The number of hydrogen-bond donors (Lipinski definition) is 2. The second kappa shape index (κ2) is 3.92. The molecule has 5 nitrogen and oxygen atoms in total. The maximum absolute atomic E-state index is 10.6. The lowest BCUT2D eigenvalue weighted by atomic mass is 10.4. The topological polar surface area (TPSA) is 77.8 Å². The number of hydrogen-bond acceptors (Lipinski definition) is 3. The van der Waals surface area contributed by atoms with Gasteiger partial charge < -0.3 is 15.1 Å². The monoisotopic (exact) mass is 161 g/mol. The van der Waals surface area contributed by atoms with Crippen molar-refractivity contribution in [2.24, 2.45) is 0 Å². The molecule has 11 heavy (non-hydrogen) atoms. The number of aliphatic hydroxyl groups is 1. The van der Waals surface area contributed by atoms with Gasteiger partial charge in [-0.2, -0.15) is 0 Å². The van der Waals surface area contributed by atoms with Gasteiger partial charge in [0.25, 0.3) is 0 Å². The van der Waals surface area contributed by atoms with E-state index in [0.29, 0.717) is 0 Å². The smallest absolute Gasteiger partial charge is 0.394 e. The van der Waals surface area contributed by atoms with E-state index >= 15 is 0 Å². The van der Waals surface area contributed by atoms with Crippen molar-refractivity contribution >= 4 is 11.9 Å². The molecule has 0 spiro atoms. The lowest BCUT2D eigenvalue weighted by molar-refractivity contribution is -0.155. The molecule has 0 aliphatic heterocycles. The normalized spacial score (nSPS) is 12.3. The van der Waals surface area contributed by atoms with E-state index in [2.05, 4.69) is 0 Å². The van der Waals surface area contributed by atoms with E-state index in [1.165, 1.54) is 14.0 Å². The Balaban J connectivity index is 3.93. The van der Waals surface area contributed by atoms with E-state index in [1.807, 2.05) is 0 Å². The van der Waals surface area contributed by atoms with Crippen LogP contribution in [0, 0.1) is 0 Å². The van der Waals surface area contributed by atoms with Gasteiger partial charge in [0.15, 0.2) is 0 Å². The number of carboxylic acids is 1. The first-order chi connectivity index (χ1) is 4.95. The number of carbonyl (C=O) groups is 2. The van der Waals surface area contributed by atoms with Gasteiger partial charge in [-0.15, -0.1) is 0 Å². The zero-order valence-corrected chi connectivity index (χ0v) is 6.44. The van der Waals surface area contributed by atoms with Crippen molar-refractivity contribution < 1.29 is 19.8 Å². The predicted molar refractivity (Wildman–Crippen MR) is 37.0 cm³/mol. The van der Waals surface area contributed by atoms with Crippen molar-refractivity contribution in [2.75, 3.05) is 13.6 Å². The quantitative estimate of drug-likeness (QED) is 0.504. The average molecular weight is 161 g/mol. The Morgan fingerprint density at radius 3 is 2.27 bits per heavy atom. The van der Waals surface area contributed by atoms with E-state index < -0.39 is 18.0 Å². The molecule has 5 heteroatoms. The van der Waals surface area contributed by atoms with Crippen molar-refractivity contribution in [2.45, 2.75) is 13.0 Å². The van der Waals surface area contributed by atoms with Crippen molar-refractivity contribution in [1.82, 2.24) is 4.90 Å². The molecule has 1 amide bonds. The summed E-state index contributed by atoms with van der Waals surface area (Å²) in [6, 6.07) is 0. The Hall–Kier alpha value is -1.10. The van der Waals surface area contributed by atoms with Gasteiger partial charge in [-0.3, -0.25) is 4.79 Å². The third kappa shape index (κ3) is 3.57. The van der Waals surface area contributed by atoms with Gasteiger partial charge in [-0.1, -0.05) is 0 Å². The summed E-state index contributed by atoms with van der Waals surface area (Å²) in [5.74, 6) is -2.51. The summed E-state index contributed by atoms with van der Waals surface area (Å²) in [6.45, 7) is 1.51. The summed E-state index contributed by atoms with van der Waals surface area (Å²) in [5, 5.41) is 17.0. The third-order valence-electron chi connectivity index (χ3n) is 1.07. The second-order valence-corrected chi connectivity index (χ2v) is 2.34. The number of likely N-dealkylation sites (N-methyl/N-ethyl adjacent to an activating group) is 1. The van der Waals surface area contributed by atoms with Crippen LogP contribution in [0.1, 0.15) is 6.92 Å². The van der Waals surface area contributed by atoms with Crippen molar-refractivity contribution in [1.29, 1.82) is 0 Å². The van der Waals surface area contributed by atoms with Crippen molar-refractivity contribution in [3.63, 3.8) is 0 Å². The molecule has 0 heterocycles. The van der Waals surface area contributed by atoms with E-state index in [9.17, 15) is 9.59 Å². The lowest BCUT2D eigenvalue weighted by Gasteiger charge is -2.15. The molecule has 0 aromatic rings. The molecule has 64 valence electrons. The summed E-state index contributed by atoms with van der Waals surface area (Å²) in [7, 11) is 1.32. The molecule has 0 aromatic heterocycles. The molecule has 0 fully saturated rings. The molecular weight excluding hydrogens is 150 g/mol. The molecule has 0 saturated heterocycles. The molecule has 0 aliphatic rings. The van der Waals surface area contributed by atoms with Crippen molar-refractivity contribution in [3.05, 3.63) is 0 Å². The molecule has 0 saturated carbocycles. The van der Waals surface area contributed by atoms with E-state index in [4.69, 9.17) is 10.2 Å². The fourth-order valence-electron chi connectivity index (χ4n) is 0.643. The highest BCUT2D eigenvalue weighted by molar-refractivity contribution is 6.31. The Morgan fingerprint density at radius 2 is 2.00 bits per heavy atom. The number of nitrogens with zero attached hydrogens (tertiary/aromatic N) is 1. The number of carboxylic acid groups (broad SMARTS) is 1. The maximum Gasteiger partial charge on any atom is 0.394 e. The van der Waals surface area contributed by atoms with Gasteiger partial charge in [0.05, 0.1) is 6.10 Å². The first kappa shape index (κ1) is 9.90. The van der Waals surface area contributed by atoms with Crippen LogP contribution in [0.15, 0.2) is 0 Å². The predicted octanol–water partition coefficient (Wildman–Crippen LogP) is -1.09. The minimum absolute atomic E-state index is 0.0329. The van der Waals surface area contributed by atoms with Crippen LogP contribution < -0.4 is 0 Å². The molecule has 0 aliphatic carbocycles. The largest absolute Gasteiger partial charge is 0.474 e. The van der Waals surface area contributed by atoms with Crippen LogP contribution in [-0.2, 0) is 9.59 Å². The summed E-state index contributed by atoms with van der Waals surface area (Å²) < 4.78 is 0. The molecule has 0 aromatic carbocycles. The van der Waals surface area contributed by atoms with Gasteiger partial charge >= 0.3 is 11.9 Å². The van der Waals surface area contributed by atoms with Crippen molar-refractivity contribution in [3.8, 4) is 0 Å². The molecular formula is C6H11NO4. The lowest BCUT2D eigenvalue weighted by Crippen LogP contribution is -2.37. The first-order valence-corrected chi connectivity index (χ1v) is 3.11. The van der Waals surface area contributed by atoms with Crippen LogP contribution in [-0.4, -0.2) is 46.7 Å². The summed E-state index contributed by atoms with van der Waals surface area (Å²) >= 11 is 0. The summed E-state index contributed by atoms with van der Waals surface area (Å²) in [4.78, 5) is 21.6. The van der Waals surface area contributed by atoms with Crippen LogP contribution in [0.2, 0.25) is 0 Å². The molecule has 0 bridgehead atoms. The van der Waals surface area contributed by atoms with Gasteiger partial charge in [0, 0.05) is 13.6 Å². The van der Waals surface area contributed by atoms with Crippen LogP contribution in [0.3, 0.4) is 0 Å². The van der Waals surface area contributed by atoms with E-state index in [-0.39, 0.29) is 6.54 Å². The van der Waals surface area contributed by atoms with Gasteiger partial charge in [0.2, 0.25) is 0 Å². The minimum Gasteiger partial charge on any atom is -0.474 e. The second-order valence-electron chi connectivity index (χ2n) is 2.34. The molecule has 0 radical (unpaired) electrons. The standard InChI is InChI=1S/C6H11NO4/c1-4(8)3-7(2)5(9)6(10)11/h4,8H,3H2,1-2H3,(H,10,11). The van der Waals surface area contributed by atoms with Crippen LogP contribution in [0.5, 0.6) is 0 Å². The molecule has 0 rings (SSSR count). The number of aliphatic carboxylic acids is 1. The molecule has 1 unspecified atom stereocenters. The fourth-order valence-corrected chi connectivity index (χ4v) is 0.643. The highest BCUT2D eigenvalue weighted by atomic mass is 16.4. The Labute approximate surface area is 64.2 Å². The zero-order valence-electron chi connectivity index (χ0n) is 6.44. The average Bonchev–Trinajstić information content (AvgIpc) is 1.84. The van der Waals surface area contributed by atoms with Crippen LogP contribution >= 0.6 is 0 Å². The molecule has 1 atom stereocenters. The SMILES string of the molecule is CC(O)CN(C)C(=O)C(=O)O. The van der Waals surface area contributed by atoms with E-state index in [1.54, 1.807) is 0 Å². The van der Waals surface area contributed by atoms with Gasteiger partial charge in [0.1, 0.15) is 0 Å². The van der Waals surface area contributed by atoms with Gasteiger partial charge in [-0.05, 0) is 6.92 Å². The van der Waals surface area contributed by atoms with E-state index in [0.717, 1.165) is 4.90 Å². The minimum atomic E-state index is -1.51. The maximum atomic E-state index is 10.6. The van der Waals surface area contributed by atoms with Gasteiger partial charge in [-0.25, -0.2) is 4.79 Å². The Morgan fingerprint density at radius 1 is 1.55 bits per heavy atom. The highest BCUT2D eigenvalue weighted by Gasteiger charge is 2.17. The number of carbonyl (C=O) groups excluding carboxylic acids is 1. The first-order valence-electron chi connectivity index (χ1n) is 3.11. The fraction of sp³-hybridized carbons (Fsp3) is 0.667. The third-order valence-corrected chi connectivity index (χ3v) is 1.07. The number of amides is 1. The highest BCUT2D eigenvalue weighted by Crippen LogP contribution is 1.88. The summed E-state index contributed by atoms with van der Waals surface area (Å²) in [6.07, 6.45) is -0.705. The Kier molecular flexibility index (Phi) is 3.53.